The van der Waals surface area contributed by atoms with E-state index in [1.165, 1.54) is 0 Å². The molecule has 1 heterocycles. The van der Waals surface area contributed by atoms with Crippen LogP contribution in [0.4, 0.5) is 0 Å². The third-order valence-corrected chi connectivity index (χ3v) is 6.53. The number of aryl methyl sites for hydroxylation is 1. The fourth-order valence-electron chi connectivity index (χ4n) is 4.92. The monoisotopic (exact) mass is 405 g/mol. The lowest BCUT2D eigenvalue weighted by Crippen LogP contribution is -2.64. The zero-order valence-corrected chi connectivity index (χ0v) is 17.2. The number of hydrogen-bond donors (Lipinski definition) is 2. The predicted octanol–water partition coefficient (Wildman–Crippen LogP) is 3.23. The maximum atomic E-state index is 13.6. The number of nitrogens with two attached hydrogens (primary N) is 1. The van der Waals surface area contributed by atoms with Crippen molar-refractivity contribution >= 4 is 34.9 Å². The molecule has 4 unspecified atom stereocenters. The second-order valence-electron chi connectivity index (χ2n) is 7.94. The molecule has 0 bridgehead atoms. The summed E-state index contributed by atoms with van der Waals surface area (Å²) in [6, 6.07) is 17.5. The first-order valence-corrected chi connectivity index (χ1v) is 10.1. The van der Waals surface area contributed by atoms with Gasteiger partial charge in [0.25, 0.3) is 0 Å². The molecule has 4 atom stereocenters. The Morgan fingerprint density at radius 1 is 1.07 bits per heavy atom. The van der Waals surface area contributed by atoms with Crippen LogP contribution in [0.2, 0.25) is 0 Å². The average Bonchev–Trinajstić information content (AvgIpc) is 2.69. The molecule has 0 aromatic heterocycles. The minimum absolute atomic E-state index is 0.0668. The molecule has 1 spiro atoms. The molecule has 1 amide bonds. The van der Waals surface area contributed by atoms with Crippen LogP contribution in [-0.4, -0.2) is 22.6 Å². The second-order valence-corrected chi connectivity index (χ2v) is 8.32. The van der Waals surface area contributed by atoms with Gasteiger partial charge >= 0.3 is 0 Å². The summed E-state index contributed by atoms with van der Waals surface area (Å²) in [5.41, 5.74) is 8.22. The van der Waals surface area contributed by atoms with Crippen molar-refractivity contribution in [2.45, 2.75) is 32.1 Å². The number of hydrogen-bond acceptors (Lipinski definition) is 4. The molecule has 1 saturated carbocycles. The number of thiocarbonyl (C=S) groups is 1. The molecule has 2 aromatic carbocycles. The molecule has 1 aliphatic carbocycles. The first-order valence-electron chi connectivity index (χ1n) is 9.70. The number of Topliss-reactive ketones (excluding diaryl/α,β-unsaturated/α-hetero) is 1. The highest BCUT2D eigenvalue weighted by atomic mass is 32.1. The van der Waals surface area contributed by atoms with Gasteiger partial charge in [0.1, 0.15) is 17.0 Å². The number of benzene rings is 2. The fourth-order valence-corrected chi connectivity index (χ4v) is 5.11. The smallest absolute Gasteiger partial charge is 0.241 e. The van der Waals surface area contributed by atoms with E-state index in [0.717, 1.165) is 16.7 Å². The number of ketones is 1. The van der Waals surface area contributed by atoms with E-state index in [0.29, 0.717) is 0 Å². The molecule has 148 valence electrons. The number of carbonyl (C=O) groups excluding carboxylic acids is 2. The van der Waals surface area contributed by atoms with E-state index in [1.54, 1.807) is 0 Å². The van der Waals surface area contributed by atoms with Crippen LogP contribution in [0.5, 0.6) is 0 Å². The van der Waals surface area contributed by atoms with Crippen molar-refractivity contribution in [3.63, 3.8) is 0 Å². The lowest BCUT2D eigenvalue weighted by Gasteiger charge is -2.51. The van der Waals surface area contributed by atoms with Crippen LogP contribution in [0, 0.1) is 18.3 Å². The van der Waals surface area contributed by atoms with Gasteiger partial charge in [-0.1, -0.05) is 67.1 Å². The summed E-state index contributed by atoms with van der Waals surface area (Å²) in [6.45, 7) is 3.88. The van der Waals surface area contributed by atoms with Crippen LogP contribution in [0.3, 0.4) is 0 Å². The summed E-state index contributed by atoms with van der Waals surface area (Å²) >= 11 is 5.13. The largest absolute Gasteiger partial charge is 0.386 e. The zero-order valence-electron chi connectivity index (χ0n) is 16.4. The van der Waals surface area contributed by atoms with Gasteiger partial charge in [-0.15, -0.1) is 0 Å². The third-order valence-electron chi connectivity index (χ3n) is 6.33. The highest BCUT2D eigenvalue weighted by molar-refractivity contribution is 7.80. The SMILES string of the molecule is Cc1ccc(C2CC(=O)C(C)C(c3ccccc3)C23C(=O)NC(=S)N=C3N)cc1. The lowest BCUT2D eigenvalue weighted by molar-refractivity contribution is -0.136. The normalized spacial score (nSPS) is 29.5. The van der Waals surface area contributed by atoms with Gasteiger partial charge in [-0.25, -0.2) is 4.99 Å². The molecule has 29 heavy (non-hydrogen) atoms. The van der Waals surface area contributed by atoms with Crippen molar-refractivity contribution in [1.29, 1.82) is 0 Å². The van der Waals surface area contributed by atoms with Crippen molar-refractivity contribution in [3.8, 4) is 0 Å². The Morgan fingerprint density at radius 2 is 1.72 bits per heavy atom. The second kappa shape index (κ2) is 7.19. The van der Waals surface area contributed by atoms with Gasteiger partial charge in [-0.05, 0) is 30.3 Å². The predicted molar refractivity (Wildman–Crippen MR) is 117 cm³/mol. The Kier molecular flexibility index (Phi) is 4.82. The number of aliphatic imine (C=N–C) groups is 1. The molecular formula is C23H23N3O2S. The molecule has 4 rings (SSSR count). The molecule has 1 fully saturated rings. The highest BCUT2D eigenvalue weighted by Gasteiger charge is 2.62. The Bertz CT molecular complexity index is 1020. The van der Waals surface area contributed by atoms with Crippen LogP contribution in [-0.2, 0) is 9.59 Å². The van der Waals surface area contributed by atoms with E-state index in [1.807, 2.05) is 68.4 Å². The van der Waals surface area contributed by atoms with Gasteiger partial charge in [0.2, 0.25) is 11.0 Å². The number of amidine groups is 1. The van der Waals surface area contributed by atoms with Crippen molar-refractivity contribution in [2.24, 2.45) is 22.1 Å². The molecule has 3 N–H and O–H groups in total. The van der Waals surface area contributed by atoms with E-state index in [2.05, 4.69) is 10.3 Å². The van der Waals surface area contributed by atoms with Gasteiger partial charge in [0, 0.05) is 24.2 Å². The molecule has 0 radical (unpaired) electrons. The Morgan fingerprint density at radius 3 is 2.34 bits per heavy atom. The number of carbonyl (C=O) groups is 2. The van der Waals surface area contributed by atoms with E-state index < -0.39 is 17.3 Å². The molecule has 1 aliphatic heterocycles. The van der Waals surface area contributed by atoms with Crippen molar-refractivity contribution in [2.75, 3.05) is 0 Å². The number of nitrogens with one attached hydrogen (secondary N) is 1. The number of amides is 1. The fraction of sp³-hybridized carbons (Fsp3) is 0.304. The molecule has 5 nitrogen and oxygen atoms in total. The first kappa shape index (κ1) is 19.5. The molecular weight excluding hydrogens is 382 g/mol. The maximum Gasteiger partial charge on any atom is 0.241 e. The van der Waals surface area contributed by atoms with Gasteiger partial charge in [-0.2, -0.15) is 0 Å². The maximum absolute atomic E-state index is 13.6. The Balaban J connectivity index is 2.01. The van der Waals surface area contributed by atoms with Crippen molar-refractivity contribution in [3.05, 3.63) is 71.3 Å². The zero-order chi connectivity index (χ0) is 20.8. The summed E-state index contributed by atoms with van der Waals surface area (Å²) in [4.78, 5) is 31.0. The van der Waals surface area contributed by atoms with Gasteiger partial charge in [-0.3, -0.25) is 9.59 Å². The van der Waals surface area contributed by atoms with Gasteiger partial charge < -0.3 is 11.1 Å². The summed E-state index contributed by atoms with van der Waals surface area (Å²) < 4.78 is 0. The Labute approximate surface area is 175 Å². The van der Waals surface area contributed by atoms with Crippen LogP contribution in [0.25, 0.3) is 0 Å². The van der Waals surface area contributed by atoms with Crippen LogP contribution >= 0.6 is 12.2 Å². The van der Waals surface area contributed by atoms with Crippen molar-refractivity contribution in [1.82, 2.24) is 5.32 Å². The van der Waals surface area contributed by atoms with E-state index in [4.69, 9.17) is 18.0 Å². The van der Waals surface area contributed by atoms with E-state index in [-0.39, 0.29) is 35.0 Å². The minimum atomic E-state index is -1.19. The Hall–Kier alpha value is -2.86. The van der Waals surface area contributed by atoms with Gasteiger partial charge in [0.05, 0.1) is 0 Å². The first-order chi connectivity index (χ1) is 13.9. The molecule has 2 aliphatic rings. The van der Waals surface area contributed by atoms with Crippen LogP contribution in [0.1, 0.15) is 41.9 Å². The lowest BCUT2D eigenvalue weighted by atomic mass is 9.51. The average molecular weight is 406 g/mol. The molecule has 0 saturated heterocycles. The highest BCUT2D eigenvalue weighted by Crippen LogP contribution is 2.57. The van der Waals surface area contributed by atoms with Crippen LogP contribution < -0.4 is 11.1 Å². The minimum Gasteiger partial charge on any atom is -0.386 e. The summed E-state index contributed by atoms with van der Waals surface area (Å²) in [6.07, 6.45) is 0.226. The summed E-state index contributed by atoms with van der Waals surface area (Å²) in [5.74, 6) is -1.24. The van der Waals surface area contributed by atoms with E-state index in [9.17, 15) is 9.59 Å². The quantitative estimate of drug-likeness (QED) is 0.752. The molecule has 6 heteroatoms. The molecule has 2 aromatic rings. The summed E-state index contributed by atoms with van der Waals surface area (Å²) in [5, 5.41) is 2.80. The van der Waals surface area contributed by atoms with Crippen molar-refractivity contribution < 1.29 is 9.59 Å². The standard InChI is InChI=1S/C23H23N3O2S/c1-13-8-10-15(11-9-13)17-12-18(27)14(2)19(16-6-4-3-5-7-16)23(17)20(24)25-22(29)26-21(23)28/h3-11,14,17,19H,12H2,1-2H3,(H3,24,25,26,28,29). The van der Waals surface area contributed by atoms with Crippen LogP contribution in [0.15, 0.2) is 59.6 Å². The number of rotatable bonds is 2. The number of nitrogens with zero attached hydrogens (tertiary/aromatic N) is 1. The third kappa shape index (κ3) is 2.99. The topological polar surface area (TPSA) is 84.5 Å². The van der Waals surface area contributed by atoms with Gasteiger partial charge in [0.15, 0.2) is 0 Å². The van der Waals surface area contributed by atoms with E-state index >= 15 is 0 Å². The summed E-state index contributed by atoms with van der Waals surface area (Å²) in [7, 11) is 0.